The Labute approximate surface area is 143 Å². The Morgan fingerprint density at radius 3 is 2.62 bits per heavy atom. The largest absolute Gasteiger partial charge is 0.397 e. The number of nitrogen functional groups attached to an aromatic ring is 1. The summed E-state index contributed by atoms with van der Waals surface area (Å²) in [5, 5.41) is 2.67. The third kappa shape index (κ3) is 3.12. The lowest BCUT2D eigenvalue weighted by Gasteiger charge is -2.39. The van der Waals surface area contributed by atoms with Crippen LogP contribution in [0.2, 0.25) is 0 Å². The molecule has 5 nitrogen and oxygen atoms in total. The van der Waals surface area contributed by atoms with Crippen LogP contribution in [-0.4, -0.2) is 29.3 Å². The first-order valence-electron chi connectivity index (χ1n) is 8.57. The van der Waals surface area contributed by atoms with Crippen molar-refractivity contribution in [3.63, 3.8) is 0 Å². The summed E-state index contributed by atoms with van der Waals surface area (Å²) in [5.41, 5.74) is 8.24. The molecule has 5 heteroatoms. The fourth-order valence-electron chi connectivity index (χ4n) is 4.80. The monoisotopic (exact) mass is 329 g/mol. The summed E-state index contributed by atoms with van der Waals surface area (Å²) in [6.45, 7) is 9.32. The number of aryl methyl sites for hydroxylation is 1. The minimum absolute atomic E-state index is 0.116. The molecule has 2 amide bonds. The number of carbonyl (C=O) groups is 2. The van der Waals surface area contributed by atoms with Gasteiger partial charge in [0, 0.05) is 12.6 Å². The molecule has 1 heterocycles. The van der Waals surface area contributed by atoms with Crippen LogP contribution < -0.4 is 11.1 Å². The highest BCUT2D eigenvalue weighted by atomic mass is 16.2. The number of nitrogens with two attached hydrogens (primary N) is 1. The minimum atomic E-state index is -0.598. The van der Waals surface area contributed by atoms with Crippen LogP contribution in [0.25, 0.3) is 0 Å². The second-order valence-electron chi connectivity index (χ2n) is 8.69. The maximum Gasteiger partial charge on any atom is 0.313 e. The van der Waals surface area contributed by atoms with Crippen LogP contribution in [-0.2, 0) is 9.59 Å². The van der Waals surface area contributed by atoms with Gasteiger partial charge in [-0.2, -0.15) is 0 Å². The molecule has 2 bridgehead atoms. The van der Waals surface area contributed by atoms with E-state index in [2.05, 4.69) is 26.1 Å². The van der Waals surface area contributed by atoms with Gasteiger partial charge in [0.2, 0.25) is 0 Å². The molecule has 2 unspecified atom stereocenters. The summed E-state index contributed by atoms with van der Waals surface area (Å²) < 4.78 is 0. The van der Waals surface area contributed by atoms with Crippen molar-refractivity contribution in [2.75, 3.05) is 17.6 Å². The average Bonchev–Trinajstić information content (AvgIpc) is 2.70. The average molecular weight is 329 g/mol. The van der Waals surface area contributed by atoms with Crippen molar-refractivity contribution in [1.29, 1.82) is 0 Å². The molecule has 1 aromatic carbocycles. The van der Waals surface area contributed by atoms with E-state index in [0.29, 0.717) is 17.9 Å². The lowest BCUT2D eigenvalue weighted by atomic mass is 9.65. The molecule has 2 aliphatic rings. The number of amides is 2. The van der Waals surface area contributed by atoms with E-state index in [9.17, 15) is 9.59 Å². The summed E-state index contributed by atoms with van der Waals surface area (Å²) in [7, 11) is 0. The number of hydrogen-bond donors (Lipinski definition) is 2. The number of nitrogens with zero attached hydrogens (tertiary/aromatic N) is 1. The third-order valence-electron chi connectivity index (χ3n) is 5.33. The fourth-order valence-corrected chi connectivity index (χ4v) is 4.80. The molecule has 2 atom stereocenters. The van der Waals surface area contributed by atoms with Crippen LogP contribution in [0.15, 0.2) is 18.2 Å². The Bertz CT molecular complexity index is 698. The number of fused-ring (bicyclic) bond motifs is 2. The first-order chi connectivity index (χ1) is 11.1. The third-order valence-corrected chi connectivity index (χ3v) is 5.33. The Kier molecular flexibility index (Phi) is 3.85. The molecular weight excluding hydrogens is 302 g/mol. The van der Waals surface area contributed by atoms with E-state index in [1.807, 2.05) is 13.0 Å². The number of hydrogen-bond acceptors (Lipinski definition) is 3. The van der Waals surface area contributed by atoms with Crippen LogP contribution in [0.3, 0.4) is 0 Å². The Balaban J connectivity index is 1.74. The van der Waals surface area contributed by atoms with Gasteiger partial charge >= 0.3 is 11.8 Å². The van der Waals surface area contributed by atoms with E-state index in [1.165, 1.54) is 0 Å². The van der Waals surface area contributed by atoms with Gasteiger partial charge in [-0.25, -0.2) is 0 Å². The molecule has 0 spiro atoms. The Hall–Kier alpha value is -2.04. The molecular formula is C19H27N3O2. The summed E-state index contributed by atoms with van der Waals surface area (Å²) in [5.74, 6) is -1.04. The van der Waals surface area contributed by atoms with Gasteiger partial charge < -0.3 is 16.0 Å². The quantitative estimate of drug-likeness (QED) is 0.614. The van der Waals surface area contributed by atoms with Crippen molar-refractivity contribution in [3.05, 3.63) is 23.8 Å². The molecule has 0 radical (unpaired) electrons. The second kappa shape index (κ2) is 5.50. The van der Waals surface area contributed by atoms with Crippen LogP contribution in [0.4, 0.5) is 11.4 Å². The molecule has 130 valence electrons. The number of benzene rings is 1. The van der Waals surface area contributed by atoms with Gasteiger partial charge in [0.15, 0.2) is 0 Å². The lowest BCUT2D eigenvalue weighted by molar-refractivity contribution is -0.144. The summed E-state index contributed by atoms with van der Waals surface area (Å²) in [6, 6.07) is 5.55. The zero-order valence-corrected chi connectivity index (χ0v) is 15.0. The van der Waals surface area contributed by atoms with E-state index < -0.39 is 11.8 Å². The van der Waals surface area contributed by atoms with E-state index in [-0.39, 0.29) is 16.9 Å². The molecule has 2 fully saturated rings. The van der Waals surface area contributed by atoms with E-state index in [1.54, 1.807) is 17.0 Å². The topological polar surface area (TPSA) is 75.4 Å². The summed E-state index contributed by atoms with van der Waals surface area (Å²) in [4.78, 5) is 26.9. The first-order valence-corrected chi connectivity index (χ1v) is 8.57. The van der Waals surface area contributed by atoms with Crippen molar-refractivity contribution >= 4 is 23.2 Å². The molecule has 1 saturated carbocycles. The van der Waals surface area contributed by atoms with E-state index in [0.717, 1.165) is 24.8 Å². The minimum Gasteiger partial charge on any atom is -0.397 e. The van der Waals surface area contributed by atoms with Crippen molar-refractivity contribution in [2.45, 2.75) is 53.0 Å². The van der Waals surface area contributed by atoms with Gasteiger partial charge in [-0.05, 0) is 54.7 Å². The molecule has 3 N–H and O–H groups in total. The van der Waals surface area contributed by atoms with Gasteiger partial charge in [-0.15, -0.1) is 0 Å². The smallest absolute Gasteiger partial charge is 0.313 e. The maximum atomic E-state index is 12.7. The lowest BCUT2D eigenvalue weighted by Crippen LogP contribution is -2.43. The Morgan fingerprint density at radius 1 is 1.25 bits per heavy atom. The van der Waals surface area contributed by atoms with Crippen molar-refractivity contribution in [2.24, 2.45) is 10.8 Å². The van der Waals surface area contributed by atoms with Crippen molar-refractivity contribution in [1.82, 2.24) is 4.90 Å². The normalized spacial score (nSPS) is 27.8. The molecule has 3 rings (SSSR count). The van der Waals surface area contributed by atoms with Gasteiger partial charge in [0.1, 0.15) is 0 Å². The van der Waals surface area contributed by atoms with E-state index >= 15 is 0 Å². The zero-order chi connectivity index (χ0) is 17.7. The molecule has 0 aromatic heterocycles. The van der Waals surface area contributed by atoms with Gasteiger partial charge in [-0.1, -0.05) is 26.8 Å². The zero-order valence-electron chi connectivity index (χ0n) is 15.0. The second-order valence-corrected chi connectivity index (χ2v) is 8.69. The predicted octanol–water partition coefficient (Wildman–Crippen LogP) is 2.94. The predicted molar refractivity (Wildman–Crippen MR) is 95.5 cm³/mol. The number of rotatable bonds is 1. The number of anilines is 2. The SMILES string of the molecule is Cc1ccc(NC(=O)C(=O)N2CC3(C)CC2CC(C)(C)C3)c(N)c1. The van der Waals surface area contributed by atoms with Crippen LogP contribution in [0.5, 0.6) is 0 Å². The van der Waals surface area contributed by atoms with E-state index in [4.69, 9.17) is 5.73 Å². The first kappa shape index (κ1) is 16.8. The van der Waals surface area contributed by atoms with Gasteiger partial charge in [0.05, 0.1) is 11.4 Å². The van der Waals surface area contributed by atoms with Crippen molar-refractivity contribution in [3.8, 4) is 0 Å². The van der Waals surface area contributed by atoms with Gasteiger partial charge in [0.25, 0.3) is 0 Å². The standard InChI is InChI=1S/C19H27N3O2/c1-12-5-6-15(14(20)7-12)21-16(23)17(24)22-11-19(4)9-13(22)8-18(2,3)10-19/h5-7,13H,8-11,20H2,1-4H3,(H,21,23). The highest BCUT2D eigenvalue weighted by molar-refractivity contribution is 6.40. The number of likely N-dealkylation sites (tertiary alicyclic amines) is 1. The highest BCUT2D eigenvalue weighted by Crippen LogP contribution is 2.52. The summed E-state index contributed by atoms with van der Waals surface area (Å²) >= 11 is 0. The number of nitrogens with one attached hydrogen (secondary N) is 1. The fraction of sp³-hybridized carbons (Fsp3) is 0.579. The van der Waals surface area contributed by atoms with Crippen LogP contribution in [0.1, 0.15) is 45.6 Å². The Morgan fingerprint density at radius 2 is 1.96 bits per heavy atom. The summed E-state index contributed by atoms with van der Waals surface area (Å²) in [6.07, 6.45) is 3.03. The molecule has 1 aliphatic carbocycles. The molecule has 1 aliphatic heterocycles. The maximum absolute atomic E-state index is 12.7. The number of carbonyl (C=O) groups excluding carboxylic acids is 2. The van der Waals surface area contributed by atoms with Crippen LogP contribution in [0, 0.1) is 17.8 Å². The van der Waals surface area contributed by atoms with Gasteiger partial charge in [-0.3, -0.25) is 9.59 Å². The molecule has 24 heavy (non-hydrogen) atoms. The highest BCUT2D eigenvalue weighted by Gasteiger charge is 2.51. The molecule has 1 aromatic rings. The van der Waals surface area contributed by atoms with Crippen LogP contribution >= 0.6 is 0 Å². The van der Waals surface area contributed by atoms with Crippen molar-refractivity contribution < 1.29 is 9.59 Å². The molecule has 1 saturated heterocycles.